The Morgan fingerprint density at radius 2 is 2.00 bits per heavy atom. The molecule has 0 fully saturated rings. The van der Waals surface area contributed by atoms with E-state index in [0.717, 1.165) is 11.0 Å². The van der Waals surface area contributed by atoms with Gasteiger partial charge in [-0.3, -0.25) is 4.79 Å². The summed E-state index contributed by atoms with van der Waals surface area (Å²) in [6.07, 6.45) is 1.54. The Bertz CT molecular complexity index is 603. The van der Waals surface area contributed by atoms with Crippen LogP contribution in [0.5, 0.6) is 0 Å². The molecule has 0 saturated carbocycles. The van der Waals surface area contributed by atoms with Crippen LogP contribution >= 0.6 is 0 Å². The van der Waals surface area contributed by atoms with E-state index < -0.39 is 9.84 Å². The van der Waals surface area contributed by atoms with Crippen LogP contribution in [0.3, 0.4) is 0 Å². The van der Waals surface area contributed by atoms with Crippen molar-refractivity contribution < 1.29 is 13.2 Å². The summed E-state index contributed by atoms with van der Waals surface area (Å²) >= 11 is 0. The van der Waals surface area contributed by atoms with E-state index in [1.54, 1.807) is 18.2 Å². The third kappa shape index (κ3) is 3.87. The molecule has 0 bridgehead atoms. The lowest BCUT2D eigenvalue weighted by Gasteiger charge is -2.10. The van der Waals surface area contributed by atoms with Crippen molar-refractivity contribution in [3.63, 3.8) is 0 Å². The molecule has 4 nitrogen and oxygen atoms in total. The second-order valence-corrected chi connectivity index (χ2v) is 6.06. The summed E-state index contributed by atoms with van der Waals surface area (Å²) in [5, 5.41) is 0.865. The van der Waals surface area contributed by atoms with Crippen LogP contribution in [0.1, 0.15) is 27.9 Å². The van der Waals surface area contributed by atoms with Crippen LogP contribution < -0.4 is 5.73 Å². The van der Waals surface area contributed by atoms with E-state index in [2.05, 4.69) is 13.2 Å². The van der Waals surface area contributed by atoms with Crippen molar-refractivity contribution in [3.05, 3.63) is 53.5 Å². The molecular weight excluding hydrogens is 262 g/mol. The first-order chi connectivity index (χ1) is 8.95. The van der Waals surface area contributed by atoms with Gasteiger partial charge in [0.2, 0.25) is 0 Å². The van der Waals surface area contributed by atoms with Gasteiger partial charge in [-0.15, -0.1) is 0 Å². The molecule has 0 aromatic heterocycles. The quantitative estimate of drug-likeness (QED) is 0.773. The summed E-state index contributed by atoms with van der Waals surface area (Å²) in [6.45, 7) is 7.08. The molecule has 0 heterocycles. The fourth-order valence-corrected chi connectivity index (χ4v) is 2.37. The number of rotatable bonds is 7. The van der Waals surface area contributed by atoms with Crippen molar-refractivity contribution in [1.29, 1.82) is 0 Å². The van der Waals surface area contributed by atoms with Gasteiger partial charge >= 0.3 is 0 Å². The summed E-state index contributed by atoms with van der Waals surface area (Å²) in [5.41, 5.74) is 7.58. The smallest absolute Gasteiger partial charge is 0.171 e. The van der Waals surface area contributed by atoms with Gasteiger partial charge in [0.25, 0.3) is 0 Å². The van der Waals surface area contributed by atoms with E-state index in [4.69, 9.17) is 5.73 Å². The molecule has 1 aromatic carbocycles. The van der Waals surface area contributed by atoms with Gasteiger partial charge < -0.3 is 5.73 Å². The van der Waals surface area contributed by atoms with Gasteiger partial charge in [-0.1, -0.05) is 37.4 Å². The van der Waals surface area contributed by atoms with Crippen molar-refractivity contribution in [3.8, 4) is 0 Å². The Hall–Kier alpha value is -1.72. The fourth-order valence-electron chi connectivity index (χ4n) is 1.74. The predicted molar refractivity (Wildman–Crippen MR) is 77.4 cm³/mol. The number of hydrogen-bond acceptors (Lipinski definition) is 4. The lowest BCUT2D eigenvalue weighted by molar-refractivity contribution is 0.0988. The number of carbonyl (C=O) groups is 1. The zero-order valence-electron chi connectivity index (χ0n) is 10.6. The zero-order valence-corrected chi connectivity index (χ0v) is 11.4. The van der Waals surface area contributed by atoms with Gasteiger partial charge in [0.15, 0.2) is 15.6 Å². The average molecular weight is 279 g/mol. The Kier molecular flexibility index (Phi) is 5.20. The molecule has 19 heavy (non-hydrogen) atoms. The van der Waals surface area contributed by atoms with Gasteiger partial charge in [-0.25, -0.2) is 8.42 Å². The molecule has 1 aromatic rings. The van der Waals surface area contributed by atoms with Crippen molar-refractivity contribution >= 4 is 21.7 Å². The number of carbonyl (C=O) groups excluding carboxylic acids is 1. The Labute approximate surface area is 113 Å². The highest BCUT2D eigenvalue weighted by Gasteiger charge is 2.15. The van der Waals surface area contributed by atoms with Crippen molar-refractivity contribution in [2.75, 3.05) is 5.75 Å². The van der Waals surface area contributed by atoms with E-state index in [-0.39, 0.29) is 24.5 Å². The molecule has 102 valence electrons. The van der Waals surface area contributed by atoms with E-state index >= 15 is 0 Å². The molecule has 0 spiro atoms. The number of hydrogen-bond donors (Lipinski definition) is 1. The number of nitrogens with two attached hydrogens (primary N) is 1. The molecule has 0 amide bonds. The van der Waals surface area contributed by atoms with E-state index in [1.807, 2.05) is 6.07 Å². The molecule has 2 N–H and O–H groups in total. The second kappa shape index (κ2) is 6.45. The molecule has 1 rings (SSSR count). The number of Topliss-reactive ketones (excluding diaryl/α,β-unsaturated/α-hetero) is 1. The minimum absolute atomic E-state index is 0.0814. The summed E-state index contributed by atoms with van der Waals surface area (Å²) < 4.78 is 22.6. The first kappa shape index (κ1) is 15.3. The van der Waals surface area contributed by atoms with Crippen LogP contribution in [0.2, 0.25) is 0 Å². The van der Waals surface area contributed by atoms with Gasteiger partial charge in [0.05, 0.1) is 5.75 Å². The second-order valence-electron chi connectivity index (χ2n) is 3.99. The van der Waals surface area contributed by atoms with Crippen molar-refractivity contribution in [2.45, 2.75) is 13.0 Å². The number of ketones is 1. The summed E-state index contributed by atoms with van der Waals surface area (Å²) in [4.78, 5) is 12.1. The highest BCUT2D eigenvalue weighted by atomic mass is 32.2. The Balaban J connectivity index is 3.00. The van der Waals surface area contributed by atoms with Crippen LogP contribution in [0, 0.1) is 0 Å². The topological polar surface area (TPSA) is 77.2 Å². The molecule has 0 saturated heterocycles. The molecule has 0 aliphatic heterocycles. The molecule has 0 radical (unpaired) electrons. The maximum absolute atomic E-state index is 12.1. The summed E-state index contributed by atoms with van der Waals surface area (Å²) in [6, 6.07) is 5.19. The maximum atomic E-state index is 12.1. The standard InChI is InChI=1S/C14H17NO3S/c1-3-11-6-5-7-12(13(11)10-15)14(16)8-9-19(17,18)4-2/h3-7H,1-2,8-10,15H2. The molecule has 0 unspecified atom stereocenters. The van der Waals surface area contributed by atoms with Gasteiger partial charge in [0, 0.05) is 23.9 Å². The fraction of sp³-hybridized carbons (Fsp3) is 0.214. The van der Waals surface area contributed by atoms with Gasteiger partial charge in [0.1, 0.15) is 0 Å². The van der Waals surface area contributed by atoms with Crippen LogP contribution in [-0.4, -0.2) is 20.0 Å². The average Bonchev–Trinajstić information content (AvgIpc) is 2.43. The third-order valence-electron chi connectivity index (χ3n) is 2.80. The van der Waals surface area contributed by atoms with Crippen LogP contribution in [0.15, 0.2) is 36.8 Å². The first-order valence-electron chi connectivity index (χ1n) is 5.78. The van der Waals surface area contributed by atoms with Gasteiger partial charge in [-0.05, 0) is 11.1 Å². The number of sulfone groups is 1. The van der Waals surface area contributed by atoms with Crippen LogP contribution in [0.4, 0.5) is 0 Å². The SMILES string of the molecule is C=Cc1cccc(C(=O)CCS(=O)(=O)C=C)c1CN. The molecule has 5 heteroatoms. The highest BCUT2D eigenvalue weighted by molar-refractivity contribution is 7.94. The normalized spacial score (nSPS) is 11.0. The predicted octanol–water partition coefficient (Wildman–Crippen LogP) is 1.92. The lowest BCUT2D eigenvalue weighted by Crippen LogP contribution is -2.13. The third-order valence-corrected chi connectivity index (χ3v) is 4.09. The lowest BCUT2D eigenvalue weighted by atomic mass is 9.97. The van der Waals surface area contributed by atoms with E-state index in [0.29, 0.717) is 11.1 Å². The molecule has 0 aliphatic rings. The van der Waals surface area contributed by atoms with Crippen molar-refractivity contribution in [2.24, 2.45) is 5.73 Å². The molecule has 0 aliphatic carbocycles. The Morgan fingerprint density at radius 1 is 1.32 bits per heavy atom. The number of benzene rings is 1. The first-order valence-corrected chi connectivity index (χ1v) is 7.49. The zero-order chi connectivity index (χ0) is 14.5. The largest absolute Gasteiger partial charge is 0.326 e. The van der Waals surface area contributed by atoms with Crippen LogP contribution in [0.25, 0.3) is 6.08 Å². The maximum Gasteiger partial charge on any atom is 0.171 e. The van der Waals surface area contributed by atoms with Crippen LogP contribution in [-0.2, 0) is 16.4 Å². The summed E-state index contributed by atoms with van der Waals surface area (Å²) in [5.74, 6) is -0.480. The minimum atomic E-state index is -3.37. The van der Waals surface area contributed by atoms with Gasteiger partial charge in [-0.2, -0.15) is 0 Å². The molecular formula is C14H17NO3S. The van der Waals surface area contributed by atoms with E-state index in [1.165, 1.54) is 0 Å². The Morgan fingerprint density at radius 3 is 2.53 bits per heavy atom. The summed E-state index contributed by atoms with van der Waals surface area (Å²) in [7, 11) is -3.37. The molecule has 0 atom stereocenters. The van der Waals surface area contributed by atoms with E-state index in [9.17, 15) is 13.2 Å². The minimum Gasteiger partial charge on any atom is -0.326 e. The highest BCUT2D eigenvalue weighted by Crippen LogP contribution is 2.17. The monoisotopic (exact) mass is 279 g/mol. The van der Waals surface area contributed by atoms with Crippen molar-refractivity contribution in [1.82, 2.24) is 0 Å².